The van der Waals surface area contributed by atoms with Gasteiger partial charge in [0.2, 0.25) is 5.91 Å². The van der Waals surface area contributed by atoms with Crippen LogP contribution in [-0.2, 0) is 4.79 Å². The lowest BCUT2D eigenvalue weighted by atomic mass is 10.1. The molecule has 0 aliphatic heterocycles. The van der Waals surface area contributed by atoms with E-state index in [2.05, 4.69) is 10.5 Å². The number of nitrogens with zero attached hydrogens (tertiary/aromatic N) is 1. The van der Waals surface area contributed by atoms with E-state index in [0.717, 1.165) is 0 Å². The minimum atomic E-state index is -0.839. The summed E-state index contributed by atoms with van der Waals surface area (Å²) in [5, 5.41) is 14.9. The molecule has 4 N–H and O–H groups in total. The standard InChI is InChI=1S/C11H12ClN3O2/c12-7-1-3-8(4-2-7)14-10(16)11(5-6-11)9(13)15-17/h1-4,17H,5-6H2,(H2,13,15)(H,14,16). The van der Waals surface area contributed by atoms with Gasteiger partial charge in [-0.25, -0.2) is 0 Å². The molecule has 0 aromatic heterocycles. The molecule has 1 aliphatic rings. The van der Waals surface area contributed by atoms with Crippen molar-refractivity contribution in [1.29, 1.82) is 0 Å². The normalized spacial score (nSPS) is 17.6. The lowest BCUT2D eigenvalue weighted by Gasteiger charge is -2.13. The number of carbonyl (C=O) groups excluding carboxylic acids is 1. The predicted octanol–water partition coefficient (Wildman–Crippen LogP) is 1.81. The third-order valence-electron chi connectivity index (χ3n) is 2.88. The summed E-state index contributed by atoms with van der Waals surface area (Å²) in [6.45, 7) is 0. The summed E-state index contributed by atoms with van der Waals surface area (Å²) in [5.74, 6) is -0.293. The van der Waals surface area contributed by atoms with Crippen LogP contribution in [0.5, 0.6) is 0 Å². The molecule has 0 spiro atoms. The van der Waals surface area contributed by atoms with Crippen LogP contribution in [0.15, 0.2) is 29.4 Å². The van der Waals surface area contributed by atoms with Crippen molar-refractivity contribution in [2.24, 2.45) is 16.3 Å². The van der Waals surface area contributed by atoms with Crippen LogP contribution in [0.2, 0.25) is 5.02 Å². The smallest absolute Gasteiger partial charge is 0.238 e. The van der Waals surface area contributed by atoms with Crippen LogP contribution < -0.4 is 11.1 Å². The maximum absolute atomic E-state index is 12.0. The molecule has 0 unspecified atom stereocenters. The summed E-state index contributed by atoms with van der Waals surface area (Å²) in [6, 6.07) is 6.76. The van der Waals surface area contributed by atoms with Gasteiger partial charge >= 0.3 is 0 Å². The van der Waals surface area contributed by atoms with Crippen LogP contribution in [-0.4, -0.2) is 17.0 Å². The Morgan fingerprint density at radius 3 is 2.47 bits per heavy atom. The number of hydrogen-bond donors (Lipinski definition) is 3. The Balaban J connectivity index is 2.10. The molecule has 0 saturated heterocycles. The Morgan fingerprint density at radius 2 is 2.00 bits per heavy atom. The van der Waals surface area contributed by atoms with Gasteiger partial charge in [-0.3, -0.25) is 4.79 Å². The van der Waals surface area contributed by atoms with Gasteiger partial charge in [0.25, 0.3) is 0 Å². The van der Waals surface area contributed by atoms with Gasteiger partial charge < -0.3 is 16.3 Å². The highest BCUT2D eigenvalue weighted by Gasteiger charge is 2.54. The highest BCUT2D eigenvalue weighted by molar-refractivity contribution is 6.30. The summed E-state index contributed by atoms with van der Waals surface area (Å²) in [6.07, 6.45) is 1.20. The number of carbonyl (C=O) groups is 1. The second-order valence-corrected chi connectivity index (χ2v) is 4.46. The van der Waals surface area contributed by atoms with Gasteiger partial charge in [0, 0.05) is 10.7 Å². The largest absolute Gasteiger partial charge is 0.409 e. The monoisotopic (exact) mass is 253 g/mol. The molecule has 6 heteroatoms. The van der Waals surface area contributed by atoms with Gasteiger partial charge in [-0.15, -0.1) is 0 Å². The third kappa shape index (κ3) is 2.19. The molecule has 0 atom stereocenters. The number of hydrogen-bond acceptors (Lipinski definition) is 3. The number of rotatable bonds is 3. The molecular weight excluding hydrogens is 242 g/mol. The molecule has 1 amide bonds. The Hall–Kier alpha value is -1.75. The summed E-state index contributed by atoms with van der Waals surface area (Å²) < 4.78 is 0. The summed E-state index contributed by atoms with van der Waals surface area (Å²) in [4.78, 5) is 12.0. The molecule has 90 valence electrons. The Kier molecular flexibility index (Phi) is 2.93. The maximum Gasteiger partial charge on any atom is 0.238 e. The molecule has 1 fully saturated rings. The molecule has 2 rings (SSSR count). The van der Waals surface area contributed by atoms with E-state index in [0.29, 0.717) is 23.6 Å². The van der Waals surface area contributed by atoms with E-state index in [-0.39, 0.29) is 11.7 Å². The van der Waals surface area contributed by atoms with Gasteiger partial charge in [0.15, 0.2) is 5.84 Å². The first-order chi connectivity index (χ1) is 8.08. The van der Waals surface area contributed by atoms with Gasteiger partial charge in [0.1, 0.15) is 5.41 Å². The number of nitrogens with two attached hydrogens (primary N) is 1. The van der Waals surface area contributed by atoms with Gasteiger partial charge in [-0.1, -0.05) is 16.8 Å². The van der Waals surface area contributed by atoms with Crippen molar-refractivity contribution in [1.82, 2.24) is 0 Å². The van der Waals surface area contributed by atoms with Crippen molar-refractivity contribution in [2.45, 2.75) is 12.8 Å². The molecule has 1 aromatic carbocycles. The number of oxime groups is 1. The summed E-state index contributed by atoms with van der Waals surface area (Å²) >= 11 is 5.74. The fourth-order valence-corrected chi connectivity index (χ4v) is 1.73. The third-order valence-corrected chi connectivity index (χ3v) is 3.14. The molecule has 1 saturated carbocycles. The molecule has 5 nitrogen and oxygen atoms in total. The number of anilines is 1. The first-order valence-corrected chi connectivity index (χ1v) is 5.51. The molecular formula is C11H12ClN3O2. The SMILES string of the molecule is N/C(=N/O)C1(C(=O)Nc2ccc(Cl)cc2)CC1. The average molecular weight is 254 g/mol. The van der Waals surface area contributed by atoms with E-state index in [1.807, 2.05) is 0 Å². The molecule has 0 bridgehead atoms. The van der Waals surface area contributed by atoms with Gasteiger partial charge in [-0.05, 0) is 37.1 Å². The van der Waals surface area contributed by atoms with Gasteiger partial charge in [0.05, 0.1) is 0 Å². The van der Waals surface area contributed by atoms with E-state index in [9.17, 15) is 4.79 Å². The number of amides is 1. The second kappa shape index (κ2) is 4.25. The number of amidine groups is 1. The minimum absolute atomic E-state index is 0.0380. The molecule has 0 heterocycles. The highest BCUT2D eigenvalue weighted by Crippen LogP contribution is 2.46. The van der Waals surface area contributed by atoms with Crippen LogP contribution in [0.1, 0.15) is 12.8 Å². The quantitative estimate of drug-likeness (QED) is 0.332. The minimum Gasteiger partial charge on any atom is -0.409 e. The Labute approximate surface area is 103 Å². The van der Waals surface area contributed by atoms with E-state index in [1.54, 1.807) is 24.3 Å². The van der Waals surface area contributed by atoms with E-state index < -0.39 is 5.41 Å². The lowest BCUT2D eigenvalue weighted by molar-refractivity contribution is -0.119. The topological polar surface area (TPSA) is 87.7 Å². The molecule has 17 heavy (non-hydrogen) atoms. The maximum atomic E-state index is 12.0. The molecule has 1 aliphatic carbocycles. The van der Waals surface area contributed by atoms with Crippen molar-refractivity contribution in [2.75, 3.05) is 5.32 Å². The number of halogens is 1. The first kappa shape index (κ1) is 11.7. The first-order valence-electron chi connectivity index (χ1n) is 5.13. The zero-order valence-corrected chi connectivity index (χ0v) is 9.74. The highest BCUT2D eigenvalue weighted by atomic mass is 35.5. The van der Waals surface area contributed by atoms with Gasteiger partial charge in [-0.2, -0.15) is 0 Å². The Bertz CT molecular complexity index is 466. The lowest BCUT2D eigenvalue weighted by Crippen LogP contribution is -2.36. The molecule has 0 radical (unpaired) electrons. The van der Waals surface area contributed by atoms with Crippen molar-refractivity contribution >= 4 is 29.0 Å². The zero-order chi connectivity index (χ0) is 12.5. The molecule has 1 aromatic rings. The van der Waals surface area contributed by atoms with Crippen LogP contribution in [0.3, 0.4) is 0 Å². The summed E-state index contributed by atoms with van der Waals surface area (Å²) in [5.41, 5.74) is 5.31. The number of nitrogens with one attached hydrogen (secondary N) is 1. The predicted molar refractivity (Wildman–Crippen MR) is 65.2 cm³/mol. The van der Waals surface area contributed by atoms with E-state index in [4.69, 9.17) is 22.5 Å². The van der Waals surface area contributed by atoms with Crippen molar-refractivity contribution < 1.29 is 10.0 Å². The fraction of sp³-hybridized carbons (Fsp3) is 0.273. The average Bonchev–Trinajstić information content (AvgIpc) is 3.12. The van der Waals surface area contributed by atoms with E-state index >= 15 is 0 Å². The van der Waals surface area contributed by atoms with Crippen LogP contribution >= 0.6 is 11.6 Å². The van der Waals surface area contributed by atoms with Crippen LogP contribution in [0, 0.1) is 5.41 Å². The summed E-state index contributed by atoms with van der Waals surface area (Å²) in [7, 11) is 0. The van der Waals surface area contributed by atoms with Crippen molar-refractivity contribution in [3.05, 3.63) is 29.3 Å². The van der Waals surface area contributed by atoms with Crippen LogP contribution in [0.25, 0.3) is 0 Å². The number of benzene rings is 1. The van der Waals surface area contributed by atoms with Crippen LogP contribution in [0.4, 0.5) is 5.69 Å². The fourth-order valence-electron chi connectivity index (χ4n) is 1.60. The van der Waals surface area contributed by atoms with Crippen molar-refractivity contribution in [3.63, 3.8) is 0 Å². The van der Waals surface area contributed by atoms with Crippen molar-refractivity contribution in [3.8, 4) is 0 Å². The van der Waals surface area contributed by atoms with E-state index in [1.165, 1.54) is 0 Å². The zero-order valence-electron chi connectivity index (χ0n) is 8.98. The Morgan fingerprint density at radius 1 is 1.41 bits per heavy atom. The second-order valence-electron chi connectivity index (χ2n) is 4.03.